The van der Waals surface area contributed by atoms with Gasteiger partial charge in [-0.25, -0.2) is 0 Å². The summed E-state index contributed by atoms with van der Waals surface area (Å²) >= 11 is 0. The van der Waals surface area contributed by atoms with E-state index in [1.54, 1.807) is 19.0 Å². The fourth-order valence-electron chi connectivity index (χ4n) is 3.12. The van der Waals surface area contributed by atoms with Crippen LogP contribution in [-0.4, -0.2) is 57.1 Å². The molecular weight excluding hydrogens is 388 g/mol. The van der Waals surface area contributed by atoms with E-state index in [4.69, 9.17) is 4.74 Å². The zero-order chi connectivity index (χ0) is 22.5. The Balaban J connectivity index is 1.75. The first-order chi connectivity index (χ1) is 15.0. The van der Waals surface area contributed by atoms with Gasteiger partial charge in [-0.1, -0.05) is 42.5 Å². The van der Waals surface area contributed by atoms with E-state index < -0.39 is 0 Å². The molecule has 0 aromatic heterocycles. The molecule has 1 amide bonds. The predicted molar refractivity (Wildman–Crippen MR) is 128 cm³/mol. The van der Waals surface area contributed by atoms with Crippen molar-refractivity contribution in [1.29, 1.82) is 0 Å². The monoisotopic (exact) mass is 424 g/mol. The first-order valence-electron chi connectivity index (χ1n) is 11.0. The molecule has 0 aliphatic rings. The summed E-state index contributed by atoms with van der Waals surface area (Å²) in [5, 5.41) is 6.65. The average molecular weight is 425 g/mol. The standard InChI is InChI=1S/C25H36N4O2/c1-5-26-25(27-16-10-18-31-20(2)22-12-7-6-8-13-22)28-17-15-21-11-9-14-23(19-21)24(30)29(3)4/h6-9,11-14,19-20H,5,10,15-18H2,1-4H3,(H2,26,27,28). The van der Waals surface area contributed by atoms with Crippen LogP contribution in [0.4, 0.5) is 0 Å². The third-order valence-electron chi connectivity index (χ3n) is 4.84. The quantitative estimate of drug-likeness (QED) is 0.328. The number of guanidine groups is 1. The average Bonchev–Trinajstić information content (AvgIpc) is 2.78. The van der Waals surface area contributed by atoms with Gasteiger partial charge in [-0.05, 0) is 49.9 Å². The molecule has 0 bridgehead atoms. The summed E-state index contributed by atoms with van der Waals surface area (Å²) < 4.78 is 5.92. The second-order valence-electron chi connectivity index (χ2n) is 7.61. The zero-order valence-electron chi connectivity index (χ0n) is 19.2. The van der Waals surface area contributed by atoms with Crippen molar-refractivity contribution in [3.05, 3.63) is 71.3 Å². The Kier molecular flexibility index (Phi) is 10.6. The molecule has 0 heterocycles. The minimum atomic E-state index is 0.0218. The van der Waals surface area contributed by atoms with Crippen molar-refractivity contribution in [3.8, 4) is 0 Å². The van der Waals surface area contributed by atoms with Gasteiger partial charge in [-0.2, -0.15) is 0 Å². The van der Waals surface area contributed by atoms with E-state index >= 15 is 0 Å². The maximum Gasteiger partial charge on any atom is 0.253 e. The van der Waals surface area contributed by atoms with Gasteiger partial charge in [-0.15, -0.1) is 0 Å². The number of ether oxygens (including phenoxy) is 1. The van der Waals surface area contributed by atoms with E-state index in [0.717, 1.165) is 37.5 Å². The maximum absolute atomic E-state index is 12.1. The van der Waals surface area contributed by atoms with Crippen molar-refractivity contribution in [2.24, 2.45) is 4.99 Å². The lowest BCUT2D eigenvalue weighted by Gasteiger charge is -2.14. The van der Waals surface area contributed by atoms with E-state index in [1.807, 2.05) is 42.5 Å². The van der Waals surface area contributed by atoms with Crippen LogP contribution in [0.2, 0.25) is 0 Å². The minimum Gasteiger partial charge on any atom is -0.374 e. The van der Waals surface area contributed by atoms with Crippen molar-refractivity contribution in [2.75, 3.05) is 40.3 Å². The van der Waals surface area contributed by atoms with Gasteiger partial charge in [0.2, 0.25) is 0 Å². The number of amides is 1. The van der Waals surface area contributed by atoms with Gasteiger partial charge in [0.25, 0.3) is 5.91 Å². The van der Waals surface area contributed by atoms with Crippen molar-refractivity contribution in [1.82, 2.24) is 15.5 Å². The highest BCUT2D eigenvalue weighted by Crippen LogP contribution is 2.15. The highest BCUT2D eigenvalue weighted by Gasteiger charge is 2.08. The van der Waals surface area contributed by atoms with E-state index in [-0.39, 0.29) is 12.0 Å². The topological polar surface area (TPSA) is 66.0 Å². The van der Waals surface area contributed by atoms with Crippen LogP contribution < -0.4 is 10.6 Å². The fourth-order valence-corrected chi connectivity index (χ4v) is 3.12. The van der Waals surface area contributed by atoms with Gasteiger partial charge in [0.05, 0.1) is 6.10 Å². The molecule has 2 aromatic carbocycles. The summed E-state index contributed by atoms with van der Waals surface area (Å²) in [5.74, 6) is 0.827. The molecule has 6 nitrogen and oxygen atoms in total. The lowest BCUT2D eigenvalue weighted by Crippen LogP contribution is -2.38. The molecule has 0 spiro atoms. The molecule has 1 atom stereocenters. The molecule has 2 N–H and O–H groups in total. The Morgan fingerprint density at radius 1 is 1.10 bits per heavy atom. The fraction of sp³-hybridized carbons (Fsp3) is 0.440. The van der Waals surface area contributed by atoms with Gasteiger partial charge in [0.15, 0.2) is 5.96 Å². The number of nitrogens with one attached hydrogen (secondary N) is 2. The van der Waals surface area contributed by atoms with Crippen LogP contribution in [0.15, 0.2) is 59.6 Å². The second-order valence-corrected chi connectivity index (χ2v) is 7.61. The van der Waals surface area contributed by atoms with Crippen LogP contribution in [0.25, 0.3) is 0 Å². The Morgan fingerprint density at radius 2 is 1.87 bits per heavy atom. The molecule has 2 rings (SSSR count). The molecule has 0 aliphatic carbocycles. The highest BCUT2D eigenvalue weighted by atomic mass is 16.5. The van der Waals surface area contributed by atoms with E-state index in [1.165, 1.54) is 5.56 Å². The smallest absolute Gasteiger partial charge is 0.253 e. The van der Waals surface area contributed by atoms with E-state index in [9.17, 15) is 4.79 Å². The number of carbonyl (C=O) groups is 1. The predicted octanol–water partition coefficient (Wildman–Crippen LogP) is 3.65. The maximum atomic E-state index is 12.1. The molecule has 6 heteroatoms. The summed E-state index contributed by atoms with van der Waals surface area (Å²) in [7, 11) is 3.53. The molecule has 0 saturated carbocycles. The number of nitrogens with zero attached hydrogens (tertiary/aromatic N) is 2. The third-order valence-corrected chi connectivity index (χ3v) is 4.84. The summed E-state index contributed by atoms with van der Waals surface area (Å²) in [4.78, 5) is 18.4. The third kappa shape index (κ3) is 8.80. The zero-order valence-corrected chi connectivity index (χ0v) is 19.2. The van der Waals surface area contributed by atoms with Gasteiger partial charge >= 0.3 is 0 Å². The Morgan fingerprint density at radius 3 is 2.58 bits per heavy atom. The van der Waals surface area contributed by atoms with Crippen molar-refractivity contribution >= 4 is 11.9 Å². The summed E-state index contributed by atoms with van der Waals surface area (Å²) in [6.07, 6.45) is 1.77. The Bertz CT molecular complexity index is 821. The van der Waals surface area contributed by atoms with Gasteiger partial charge < -0.3 is 20.3 Å². The van der Waals surface area contributed by atoms with Gasteiger partial charge in [0.1, 0.15) is 0 Å². The van der Waals surface area contributed by atoms with Crippen LogP contribution in [0.5, 0.6) is 0 Å². The molecular formula is C25H36N4O2. The highest BCUT2D eigenvalue weighted by molar-refractivity contribution is 5.94. The number of aliphatic imine (C=N–C) groups is 1. The molecule has 1 unspecified atom stereocenters. The van der Waals surface area contributed by atoms with Crippen LogP contribution in [0.3, 0.4) is 0 Å². The number of rotatable bonds is 11. The van der Waals surface area contributed by atoms with Crippen LogP contribution in [-0.2, 0) is 11.2 Å². The SMILES string of the molecule is CCNC(=NCCCOC(C)c1ccccc1)NCCc1cccc(C(=O)N(C)C)c1. The van der Waals surface area contributed by atoms with Crippen molar-refractivity contribution < 1.29 is 9.53 Å². The first-order valence-corrected chi connectivity index (χ1v) is 11.0. The van der Waals surface area contributed by atoms with E-state index in [0.29, 0.717) is 18.7 Å². The molecule has 0 radical (unpaired) electrons. The summed E-state index contributed by atoms with van der Waals surface area (Å²) in [5.41, 5.74) is 3.03. The molecule has 0 saturated heterocycles. The number of carbonyl (C=O) groups excluding carboxylic acids is 1. The molecule has 168 valence electrons. The lowest BCUT2D eigenvalue weighted by molar-refractivity contribution is 0.0652. The van der Waals surface area contributed by atoms with Gasteiger partial charge in [0, 0.05) is 45.9 Å². The minimum absolute atomic E-state index is 0.0218. The molecule has 2 aromatic rings. The summed E-state index contributed by atoms with van der Waals surface area (Å²) in [6.45, 7) is 7.05. The molecule has 0 aliphatic heterocycles. The molecule has 0 fully saturated rings. The number of hydrogen-bond donors (Lipinski definition) is 2. The number of hydrogen-bond acceptors (Lipinski definition) is 3. The second kappa shape index (κ2) is 13.4. The van der Waals surface area contributed by atoms with Crippen molar-refractivity contribution in [2.45, 2.75) is 32.8 Å². The Hall–Kier alpha value is -2.86. The van der Waals surface area contributed by atoms with Crippen molar-refractivity contribution in [3.63, 3.8) is 0 Å². The number of benzene rings is 2. The van der Waals surface area contributed by atoms with Crippen LogP contribution in [0.1, 0.15) is 47.9 Å². The lowest BCUT2D eigenvalue weighted by atomic mass is 10.1. The first kappa shape index (κ1) is 24.4. The normalized spacial score (nSPS) is 12.3. The van der Waals surface area contributed by atoms with Crippen LogP contribution in [0, 0.1) is 0 Å². The largest absolute Gasteiger partial charge is 0.374 e. The van der Waals surface area contributed by atoms with Crippen LogP contribution >= 0.6 is 0 Å². The van der Waals surface area contributed by atoms with E-state index in [2.05, 4.69) is 41.6 Å². The molecule has 31 heavy (non-hydrogen) atoms. The Labute approximate surface area is 186 Å². The summed E-state index contributed by atoms with van der Waals surface area (Å²) in [6, 6.07) is 18.0. The van der Waals surface area contributed by atoms with Gasteiger partial charge in [-0.3, -0.25) is 9.79 Å².